The highest BCUT2D eigenvalue weighted by molar-refractivity contribution is 8.01. The van der Waals surface area contributed by atoms with Crippen molar-refractivity contribution in [1.29, 1.82) is 0 Å². The normalized spacial score (nSPS) is 24.8. The number of hydrogen-bond donors (Lipinski definition) is 2. The first-order valence-electron chi connectivity index (χ1n) is 8.25. The van der Waals surface area contributed by atoms with Crippen LogP contribution in [0, 0.1) is 23.7 Å². The Hall–Kier alpha value is -1.52. The Bertz CT molecular complexity index is 815. The number of aromatic nitrogens is 1. The summed E-state index contributed by atoms with van der Waals surface area (Å²) in [6.07, 6.45) is 0.833. The van der Waals surface area contributed by atoms with E-state index in [9.17, 15) is 9.90 Å². The van der Waals surface area contributed by atoms with Gasteiger partial charge in [0.1, 0.15) is 0 Å². The maximum absolute atomic E-state index is 10.9. The standard InChI is InChI=1S/C19H18ClNO3S2/c20-15-10-17(22)14(7-6-12-4-2-1-3-5-12)13(15)8-9-25-19-21-16(11-26-19)18(23)24/h1-5,11,13-15,17,22H,8-10H2,(H,23,24). The van der Waals surface area contributed by atoms with Crippen molar-refractivity contribution >= 4 is 40.7 Å². The van der Waals surface area contributed by atoms with Gasteiger partial charge < -0.3 is 10.2 Å². The molecule has 1 aromatic carbocycles. The van der Waals surface area contributed by atoms with Crippen LogP contribution in [0.3, 0.4) is 0 Å². The number of carbonyl (C=O) groups is 1. The van der Waals surface area contributed by atoms with E-state index in [4.69, 9.17) is 16.7 Å². The summed E-state index contributed by atoms with van der Waals surface area (Å²) in [6.45, 7) is 0. The number of carboxylic acids is 1. The molecule has 4 nitrogen and oxygen atoms in total. The maximum atomic E-state index is 10.9. The van der Waals surface area contributed by atoms with E-state index in [1.807, 2.05) is 30.3 Å². The van der Waals surface area contributed by atoms with Crippen LogP contribution in [0.2, 0.25) is 0 Å². The summed E-state index contributed by atoms with van der Waals surface area (Å²) < 4.78 is 0.735. The second kappa shape index (κ2) is 8.92. The molecule has 1 aliphatic rings. The first kappa shape index (κ1) is 19.2. The zero-order valence-corrected chi connectivity index (χ0v) is 16.2. The van der Waals surface area contributed by atoms with Crippen molar-refractivity contribution in [3.8, 4) is 11.8 Å². The third-order valence-electron chi connectivity index (χ3n) is 4.34. The number of halogens is 1. The molecular formula is C19H18ClNO3S2. The smallest absolute Gasteiger partial charge is 0.355 e. The number of rotatable bonds is 5. The summed E-state index contributed by atoms with van der Waals surface area (Å²) in [5, 5.41) is 20.7. The number of aliphatic hydroxyl groups excluding tert-OH is 1. The summed E-state index contributed by atoms with van der Waals surface area (Å²) >= 11 is 9.30. The Morgan fingerprint density at radius 3 is 2.85 bits per heavy atom. The minimum Gasteiger partial charge on any atom is -0.476 e. The zero-order chi connectivity index (χ0) is 18.5. The summed E-state index contributed by atoms with van der Waals surface area (Å²) in [6, 6.07) is 9.71. The lowest BCUT2D eigenvalue weighted by molar-refractivity contribution is 0.0691. The number of hydrogen-bond acceptors (Lipinski definition) is 5. The quantitative estimate of drug-likeness (QED) is 0.445. The van der Waals surface area contributed by atoms with E-state index < -0.39 is 12.1 Å². The molecule has 0 saturated heterocycles. The molecule has 1 aromatic heterocycles. The minimum absolute atomic E-state index is 0.0793. The first-order valence-corrected chi connectivity index (χ1v) is 10.5. The monoisotopic (exact) mass is 407 g/mol. The number of alkyl halides is 1. The molecule has 4 atom stereocenters. The third-order valence-corrected chi connectivity index (χ3v) is 6.90. The lowest BCUT2D eigenvalue weighted by Gasteiger charge is -2.18. The van der Waals surface area contributed by atoms with Crippen molar-refractivity contribution in [3.05, 3.63) is 47.0 Å². The molecule has 4 unspecified atom stereocenters. The molecule has 1 heterocycles. The highest BCUT2D eigenvalue weighted by atomic mass is 35.5. The van der Waals surface area contributed by atoms with Gasteiger partial charge in [-0.25, -0.2) is 9.78 Å². The van der Waals surface area contributed by atoms with Crippen molar-refractivity contribution in [3.63, 3.8) is 0 Å². The van der Waals surface area contributed by atoms with Crippen LogP contribution in [0.15, 0.2) is 40.1 Å². The van der Waals surface area contributed by atoms with Gasteiger partial charge >= 0.3 is 5.97 Å². The number of thiazole rings is 1. The first-order chi connectivity index (χ1) is 12.5. The van der Waals surface area contributed by atoms with Crippen molar-refractivity contribution < 1.29 is 15.0 Å². The van der Waals surface area contributed by atoms with Crippen molar-refractivity contribution in [2.24, 2.45) is 11.8 Å². The predicted molar refractivity (Wildman–Crippen MR) is 105 cm³/mol. The van der Waals surface area contributed by atoms with E-state index in [1.165, 1.54) is 23.1 Å². The highest BCUT2D eigenvalue weighted by Gasteiger charge is 2.40. The Morgan fingerprint density at radius 1 is 1.38 bits per heavy atom. The van der Waals surface area contributed by atoms with E-state index in [0.717, 1.165) is 22.1 Å². The fourth-order valence-corrected chi connectivity index (χ4v) is 5.39. The number of nitrogens with zero attached hydrogens (tertiary/aromatic N) is 1. The number of carboxylic acid groups (broad SMARTS) is 1. The fraction of sp³-hybridized carbons (Fsp3) is 0.368. The average molecular weight is 408 g/mol. The summed E-state index contributed by atoms with van der Waals surface area (Å²) in [5.41, 5.74) is 1.01. The SMILES string of the molecule is O=C(O)c1csc(SCCC2C(Cl)CC(O)C2C#Cc2ccccc2)n1. The van der Waals surface area contributed by atoms with Gasteiger partial charge in [-0.3, -0.25) is 0 Å². The number of benzene rings is 1. The molecule has 1 aliphatic carbocycles. The van der Waals surface area contributed by atoms with Crippen LogP contribution in [-0.4, -0.2) is 38.4 Å². The molecule has 1 saturated carbocycles. The van der Waals surface area contributed by atoms with Crippen LogP contribution < -0.4 is 0 Å². The Balaban J connectivity index is 1.61. The van der Waals surface area contributed by atoms with Crippen LogP contribution in [0.1, 0.15) is 28.9 Å². The van der Waals surface area contributed by atoms with Gasteiger partial charge in [0.05, 0.1) is 12.0 Å². The summed E-state index contributed by atoms with van der Waals surface area (Å²) in [4.78, 5) is 15.0. The molecule has 136 valence electrons. The summed E-state index contributed by atoms with van der Waals surface area (Å²) in [7, 11) is 0. The predicted octanol–water partition coefficient (Wildman–Crippen LogP) is 3.98. The van der Waals surface area contributed by atoms with Gasteiger partial charge in [-0.15, -0.1) is 22.9 Å². The van der Waals surface area contributed by atoms with Gasteiger partial charge in [-0.2, -0.15) is 0 Å². The molecule has 0 spiro atoms. The number of aliphatic hydroxyl groups is 1. The molecule has 2 N–H and O–H groups in total. The molecule has 0 bridgehead atoms. The van der Waals surface area contributed by atoms with Gasteiger partial charge in [-0.1, -0.05) is 41.8 Å². The van der Waals surface area contributed by atoms with Crippen molar-refractivity contribution in [2.45, 2.75) is 28.7 Å². The van der Waals surface area contributed by atoms with Crippen LogP contribution in [0.5, 0.6) is 0 Å². The van der Waals surface area contributed by atoms with Crippen LogP contribution >= 0.6 is 34.7 Å². The number of thioether (sulfide) groups is 1. The number of aromatic carboxylic acids is 1. The Kier molecular flexibility index (Phi) is 6.60. The molecule has 2 aromatic rings. The largest absolute Gasteiger partial charge is 0.476 e. The molecule has 3 rings (SSSR count). The van der Waals surface area contributed by atoms with Gasteiger partial charge in [0.2, 0.25) is 0 Å². The van der Waals surface area contributed by atoms with Crippen molar-refractivity contribution in [1.82, 2.24) is 4.98 Å². The van der Waals surface area contributed by atoms with E-state index in [0.29, 0.717) is 6.42 Å². The van der Waals surface area contributed by atoms with E-state index in [2.05, 4.69) is 16.8 Å². The Morgan fingerprint density at radius 2 is 2.15 bits per heavy atom. The van der Waals surface area contributed by atoms with Gasteiger partial charge in [0, 0.05) is 22.1 Å². The lowest BCUT2D eigenvalue weighted by Crippen LogP contribution is -2.19. The van der Waals surface area contributed by atoms with E-state index in [1.54, 1.807) is 5.38 Å². The van der Waals surface area contributed by atoms with Gasteiger partial charge in [-0.05, 0) is 30.9 Å². The van der Waals surface area contributed by atoms with Crippen molar-refractivity contribution in [2.75, 3.05) is 5.75 Å². The molecule has 1 fully saturated rings. The van der Waals surface area contributed by atoms with E-state index >= 15 is 0 Å². The average Bonchev–Trinajstić information content (AvgIpc) is 3.19. The second-order valence-electron chi connectivity index (χ2n) is 6.08. The maximum Gasteiger partial charge on any atom is 0.355 e. The highest BCUT2D eigenvalue weighted by Crippen LogP contribution is 2.39. The molecule has 0 aliphatic heterocycles. The van der Waals surface area contributed by atoms with Gasteiger partial charge in [0.15, 0.2) is 10.0 Å². The summed E-state index contributed by atoms with van der Waals surface area (Å²) in [5.74, 6) is 6.06. The van der Waals surface area contributed by atoms with E-state index in [-0.39, 0.29) is 22.9 Å². The third kappa shape index (κ3) is 4.80. The van der Waals surface area contributed by atoms with Gasteiger partial charge in [0.25, 0.3) is 0 Å². The minimum atomic E-state index is -1.01. The molecule has 0 radical (unpaired) electrons. The Labute approximate surface area is 165 Å². The van der Waals surface area contributed by atoms with Crippen LogP contribution in [-0.2, 0) is 0 Å². The topological polar surface area (TPSA) is 70.4 Å². The lowest BCUT2D eigenvalue weighted by atomic mass is 9.92. The molecule has 7 heteroatoms. The van der Waals surface area contributed by atoms with Crippen LogP contribution in [0.25, 0.3) is 0 Å². The molecule has 26 heavy (non-hydrogen) atoms. The molecular weight excluding hydrogens is 390 g/mol. The fourth-order valence-electron chi connectivity index (χ4n) is 3.02. The van der Waals surface area contributed by atoms with Crippen LogP contribution in [0.4, 0.5) is 0 Å². The second-order valence-corrected chi connectivity index (χ2v) is 8.85. The molecule has 0 amide bonds. The zero-order valence-electron chi connectivity index (χ0n) is 13.8.